The van der Waals surface area contributed by atoms with Crippen LogP contribution in [0, 0.1) is 0 Å². The van der Waals surface area contributed by atoms with Gasteiger partial charge in [-0.3, -0.25) is 4.79 Å². The molecule has 2 aliphatic rings. The second kappa shape index (κ2) is 5.69. The Morgan fingerprint density at radius 3 is 2.82 bits per heavy atom. The molecular formula is C17H16ClNO2S. The molecule has 1 fully saturated rings. The molecule has 1 atom stereocenters. The van der Waals surface area contributed by atoms with Crippen LogP contribution in [0.5, 0.6) is 0 Å². The maximum absolute atomic E-state index is 12.4. The molecule has 0 spiro atoms. The third-order valence-electron chi connectivity index (χ3n) is 4.34. The largest absolute Gasteiger partial charge is 0.378 e. The standard InChI is InChI=1S/C17H16ClNO2S/c18-12-3-1-2-11(8-12)13-9-15(20)17-14(13)10-16(22-17)19-4-6-21-7-5-19/h1-3,8,10,13H,4-7,9H2. The SMILES string of the molecule is O=C1CC(c2cccc(Cl)c2)c2cc(N3CCOCC3)sc21. The van der Waals surface area contributed by atoms with Crippen molar-refractivity contribution in [1.82, 2.24) is 0 Å². The van der Waals surface area contributed by atoms with Gasteiger partial charge in [-0.15, -0.1) is 11.3 Å². The van der Waals surface area contributed by atoms with Crippen molar-refractivity contribution in [3.8, 4) is 0 Å². The van der Waals surface area contributed by atoms with E-state index in [0.29, 0.717) is 6.42 Å². The van der Waals surface area contributed by atoms with Gasteiger partial charge in [-0.2, -0.15) is 0 Å². The number of rotatable bonds is 2. The topological polar surface area (TPSA) is 29.5 Å². The molecule has 0 amide bonds. The minimum atomic E-state index is 0.146. The van der Waals surface area contributed by atoms with E-state index in [1.165, 1.54) is 10.6 Å². The van der Waals surface area contributed by atoms with Crippen molar-refractivity contribution in [2.75, 3.05) is 31.2 Å². The lowest BCUT2D eigenvalue weighted by molar-refractivity contribution is 0.0994. The van der Waals surface area contributed by atoms with E-state index in [2.05, 4.69) is 17.0 Å². The highest BCUT2D eigenvalue weighted by molar-refractivity contribution is 7.18. The summed E-state index contributed by atoms with van der Waals surface area (Å²) in [6.45, 7) is 3.31. The Morgan fingerprint density at radius 1 is 1.23 bits per heavy atom. The van der Waals surface area contributed by atoms with Gasteiger partial charge >= 0.3 is 0 Å². The van der Waals surface area contributed by atoms with Gasteiger partial charge in [0, 0.05) is 30.5 Å². The summed E-state index contributed by atoms with van der Waals surface area (Å²) in [4.78, 5) is 15.6. The van der Waals surface area contributed by atoms with Crippen LogP contribution in [-0.4, -0.2) is 32.1 Å². The lowest BCUT2D eigenvalue weighted by atomic mass is 9.94. The van der Waals surface area contributed by atoms with E-state index in [4.69, 9.17) is 16.3 Å². The van der Waals surface area contributed by atoms with E-state index in [-0.39, 0.29) is 11.7 Å². The average molecular weight is 334 g/mol. The number of nitrogens with zero attached hydrogens (tertiary/aromatic N) is 1. The van der Waals surface area contributed by atoms with Gasteiger partial charge in [0.15, 0.2) is 5.78 Å². The zero-order valence-corrected chi connectivity index (χ0v) is 13.6. The number of benzene rings is 1. The molecule has 0 saturated carbocycles. The lowest BCUT2D eigenvalue weighted by Crippen LogP contribution is -2.35. The van der Waals surface area contributed by atoms with Crippen LogP contribution in [0.3, 0.4) is 0 Å². The lowest BCUT2D eigenvalue weighted by Gasteiger charge is -2.27. The molecule has 1 unspecified atom stereocenters. The van der Waals surface area contributed by atoms with Crippen LogP contribution in [0.15, 0.2) is 30.3 Å². The molecule has 1 aromatic heterocycles. The van der Waals surface area contributed by atoms with E-state index in [9.17, 15) is 4.79 Å². The zero-order chi connectivity index (χ0) is 15.1. The highest BCUT2D eigenvalue weighted by Gasteiger charge is 2.34. The maximum Gasteiger partial charge on any atom is 0.174 e. The van der Waals surface area contributed by atoms with E-state index in [1.54, 1.807) is 11.3 Å². The summed E-state index contributed by atoms with van der Waals surface area (Å²) < 4.78 is 5.40. The van der Waals surface area contributed by atoms with E-state index in [0.717, 1.165) is 41.8 Å². The molecule has 4 rings (SSSR count). The van der Waals surface area contributed by atoms with Gasteiger partial charge in [0.25, 0.3) is 0 Å². The molecule has 1 aromatic carbocycles. The molecule has 3 nitrogen and oxygen atoms in total. The van der Waals surface area contributed by atoms with Crippen LogP contribution < -0.4 is 4.90 Å². The molecule has 22 heavy (non-hydrogen) atoms. The smallest absolute Gasteiger partial charge is 0.174 e. The highest BCUT2D eigenvalue weighted by Crippen LogP contribution is 2.45. The Labute approximate surface area is 138 Å². The van der Waals surface area contributed by atoms with Crippen LogP contribution in [-0.2, 0) is 4.74 Å². The Morgan fingerprint density at radius 2 is 2.05 bits per heavy atom. The fraction of sp³-hybridized carbons (Fsp3) is 0.353. The summed E-state index contributed by atoms with van der Waals surface area (Å²) in [5, 5.41) is 1.91. The van der Waals surface area contributed by atoms with Gasteiger partial charge in [0.1, 0.15) is 0 Å². The number of Topliss-reactive ketones (excluding diaryl/α,β-unsaturated/α-hetero) is 1. The molecule has 114 valence electrons. The number of carbonyl (C=O) groups is 1. The van der Waals surface area contributed by atoms with Gasteiger partial charge in [0.2, 0.25) is 0 Å². The first kappa shape index (κ1) is 14.2. The molecule has 2 heterocycles. The van der Waals surface area contributed by atoms with Gasteiger partial charge in [-0.25, -0.2) is 0 Å². The van der Waals surface area contributed by atoms with Crippen LogP contribution in [0.1, 0.15) is 33.1 Å². The number of hydrogen-bond acceptors (Lipinski definition) is 4. The zero-order valence-electron chi connectivity index (χ0n) is 12.0. The van der Waals surface area contributed by atoms with Gasteiger partial charge < -0.3 is 9.64 Å². The number of fused-ring (bicyclic) bond motifs is 1. The van der Waals surface area contributed by atoms with E-state index < -0.39 is 0 Å². The van der Waals surface area contributed by atoms with Crippen molar-refractivity contribution in [1.29, 1.82) is 0 Å². The molecule has 5 heteroatoms. The molecule has 1 saturated heterocycles. The number of hydrogen-bond donors (Lipinski definition) is 0. The summed E-state index contributed by atoms with van der Waals surface area (Å²) in [6.07, 6.45) is 0.560. The number of thiophene rings is 1. The monoisotopic (exact) mass is 333 g/mol. The average Bonchev–Trinajstić information content (AvgIpc) is 3.09. The van der Waals surface area contributed by atoms with Crippen LogP contribution in [0.2, 0.25) is 5.02 Å². The summed E-state index contributed by atoms with van der Waals surface area (Å²) >= 11 is 7.74. The number of morpholine rings is 1. The minimum Gasteiger partial charge on any atom is -0.378 e. The quantitative estimate of drug-likeness (QED) is 0.833. The highest BCUT2D eigenvalue weighted by atomic mass is 35.5. The fourth-order valence-electron chi connectivity index (χ4n) is 3.22. The van der Waals surface area contributed by atoms with Crippen LogP contribution in [0.4, 0.5) is 5.00 Å². The molecule has 0 radical (unpaired) electrons. The second-order valence-corrected chi connectivity index (χ2v) is 7.17. The first-order valence-corrected chi connectivity index (χ1v) is 8.67. The van der Waals surface area contributed by atoms with Crippen molar-refractivity contribution in [3.05, 3.63) is 51.4 Å². The van der Waals surface area contributed by atoms with Gasteiger partial charge in [-0.05, 0) is 29.3 Å². The molecule has 0 bridgehead atoms. The number of carbonyl (C=O) groups excluding carboxylic acids is 1. The fourth-order valence-corrected chi connectivity index (χ4v) is 4.64. The Bertz CT molecular complexity index is 721. The second-order valence-electron chi connectivity index (χ2n) is 5.70. The first-order chi connectivity index (χ1) is 10.7. The minimum absolute atomic E-state index is 0.146. The van der Waals surface area contributed by atoms with Crippen molar-refractivity contribution in [2.45, 2.75) is 12.3 Å². The van der Waals surface area contributed by atoms with Crippen molar-refractivity contribution < 1.29 is 9.53 Å². The predicted octanol–water partition coefficient (Wildman–Crippen LogP) is 3.96. The van der Waals surface area contributed by atoms with E-state index in [1.807, 2.05) is 18.2 Å². The predicted molar refractivity (Wildman–Crippen MR) is 89.6 cm³/mol. The van der Waals surface area contributed by atoms with Crippen molar-refractivity contribution in [3.63, 3.8) is 0 Å². The first-order valence-electron chi connectivity index (χ1n) is 7.47. The molecular weight excluding hydrogens is 318 g/mol. The number of ketones is 1. The van der Waals surface area contributed by atoms with Crippen molar-refractivity contribution in [2.24, 2.45) is 0 Å². The molecule has 2 aromatic rings. The normalized spacial score (nSPS) is 21.2. The Hall–Kier alpha value is -1.36. The maximum atomic E-state index is 12.4. The number of halogens is 1. The molecule has 1 aliphatic carbocycles. The number of ether oxygens (including phenoxy) is 1. The van der Waals surface area contributed by atoms with E-state index >= 15 is 0 Å². The Kier molecular flexibility index (Phi) is 3.68. The summed E-state index contributed by atoms with van der Waals surface area (Å²) in [5.74, 6) is 0.400. The summed E-state index contributed by atoms with van der Waals surface area (Å²) in [6, 6.07) is 10.1. The molecule has 1 aliphatic heterocycles. The number of anilines is 1. The summed E-state index contributed by atoms with van der Waals surface area (Å²) in [7, 11) is 0. The third-order valence-corrected chi connectivity index (χ3v) is 5.83. The van der Waals surface area contributed by atoms with Crippen molar-refractivity contribution >= 4 is 33.7 Å². The molecule has 0 N–H and O–H groups in total. The van der Waals surface area contributed by atoms with Gasteiger partial charge in [-0.1, -0.05) is 23.7 Å². The van der Waals surface area contributed by atoms with Gasteiger partial charge in [0.05, 0.1) is 23.1 Å². The van der Waals surface area contributed by atoms with Crippen LogP contribution in [0.25, 0.3) is 0 Å². The van der Waals surface area contributed by atoms with Crippen LogP contribution >= 0.6 is 22.9 Å². The Balaban J connectivity index is 1.69. The third kappa shape index (κ3) is 2.45. The summed E-state index contributed by atoms with van der Waals surface area (Å²) in [5.41, 5.74) is 2.30.